The second-order valence-corrected chi connectivity index (χ2v) is 4.93. The van der Waals surface area contributed by atoms with Crippen LogP contribution < -0.4 is 10.5 Å². The second kappa shape index (κ2) is 5.74. The molecule has 0 aliphatic heterocycles. The Hall–Kier alpha value is -1.73. The SMILES string of the molecule is COc1cccc(S(=O)Cc2noc(CN)n2)c1. The number of nitrogens with two attached hydrogens (primary N) is 1. The number of hydrogen-bond acceptors (Lipinski definition) is 6. The summed E-state index contributed by atoms with van der Waals surface area (Å²) in [5, 5.41) is 3.70. The van der Waals surface area contributed by atoms with Gasteiger partial charge in [-0.1, -0.05) is 11.2 Å². The molecule has 0 aliphatic carbocycles. The van der Waals surface area contributed by atoms with E-state index in [0.717, 1.165) is 0 Å². The van der Waals surface area contributed by atoms with Crippen molar-refractivity contribution in [3.05, 3.63) is 36.0 Å². The minimum Gasteiger partial charge on any atom is -0.497 e. The van der Waals surface area contributed by atoms with E-state index in [1.807, 2.05) is 0 Å². The fourth-order valence-corrected chi connectivity index (χ4v) is 2.37. The van der Waals surface area contributed by atoms with Gasteiger partial charge in [0.25, 0.3) is 0 Å². The largest absolute Gasteiger partial charge is 0.497 e. The number of hydrogen-bond donors (Lipinski definition) is 1. The number of aromatic nitrogens is 2. The van der Waals surface area contributed by atoms with Crippen molar-refractivity contribution >= 4 is 10.8 Å². The Morgan fingerprint density at radius 1 is 1.50 bits per heavy atom. The van der Waals surface area contributed by atoms with Crippen LogP contribution in [0.15, 0.2) is 33.7 Å². The molecule has 1 aromatic heterocycles. The molecule has 2 N–H and O–H groups in total. The topological polar surface area (TPSA) is 91.2 Å². The maximum atomic E-state index is 12.1. The summed E-state index contributed by atoms with van der Waals surface area (Å²) in [7, 11) is 0.323. The van der Waals surface area contributed by atoms with Crippen LogP contribution >= 0.6 is 0 Å². The van der Waals surface area contributed by atoms with Crippen LogP contribution in [-0.2, 0) is 23.1 Å². The van der Waals surface area contributed by atoms with E-state index in [9.17, 15) is 4.21 Å². The van der Waals surface area contributed by atoms with Crippen molar-refractivity contribution in [2.24, 2.45) is 5.73 Å². The van der Waals surface area contributed by atoms with Crippen molar-refractivity contribution in [3.8, 4) is 5.75 Å². The van der Waals surface area contributed by atoms with E-state index < -0.39 is 10.8 Å². The zero-order valence-electron chi connectivity index (χ0n) is 9.83. The van der Waals surface area contributed by atoms with Crippen molar-refractivity contribution in [2.75, 3.05) is 7.11 Å². The molecule has 18 heavy (non-hydrogen) atoms. The zero-order valence-corrected chi connectivity index (χ0v) is 10.6. The highest BCUT2D eigenvalue weighted by atomic mass is 32.2. The molecule has 1 aromatic carbocycles. The van der Waals surface area contributed by atoms with E-state index in [2.05, 4.69) is 10.1 Å². The molecule has 6 nitrogen and oxygen atoms in total. The van der Waals surface area contributed by atoms with Gasteiger partial charge in [-0.15, -0.1) is 0 Å². The van der Waals surface area contributed by atoms with E-state index in [0.29, 0.717) is 22.4 Å². The molecular formula is C11H13N3O3S. The molecule has 0 fully saturated rings. The van der Waals surface area contributed by atoms with E-state index in [1.165, 1.54) is 0 Å². The Morgan fingerprint density at radius 3 is 3.00 bits per heavy atom. The fraction of sp³-hybridized carbons (Fsp3) is 0.273. The van der Waals surface area contributed by atoms with Crippen LogP contribution in [0, 0.1) is 0 Å². The van der Waals surface area contributed by atoms with Gasteiger partial charge in [-0.25, -0.2) is 0 Å². The van der Waals surface area contributed by atoms with Gasteiger partial charge in [0.05, 0.1) is 30.2 Å². The number of nitrogens with zero attached hydrogens (tertiary/aromatic N) is 2. The molecule has 0 bridgehead atoms. The van der Waals surface area contributed by atoms with Gasteiger partial charge in [0.15, 0.2) is 5.82 Å². The quantitative estimate of drug-likeness (QED) is 0.863. The van der Waals surface area contributed by atoms with Gasteiger partial charge in [0, 0.05) is 4.90 Å². The molecule has 0 aliphatic rings. The predicted octanol–water partition coefficient (Wildman–Crippen LogP) is 0.845. The van der Waals surface area contributed by atoms with Crippen LogP contribution in [0.5, 0.6) is 5.75 Å². The Kier molecular flexibility index (Phi) is 4.06. The third-order valence-electron chi connectivity index (χ3n) is 2.25. The summed E-state index contributed by atoms with van der Waals surface area (Å²) in [5.41, 5.74) is 5.35. The lowest BCUT2D eigenvalue weighted by Gasteiger charge is -2.02. The molecule has 1 atom stereocenters. The summed E-state index contributed by atoms with van der Waals surface area (Å²) < 4.78 is 22.0. The highest BCUT2D eigenvalue weighted by Crippen LogP contribution is 2.17. The van der Waals surface area contributed by atoms with Crippen LogP contribution in [-0.4, -0.2) is 21.5 Å². The second-order valence-electron chi connectivity index (χ2n) is 3.48. The maximum Gasteiger partial charge on any atom is 0.240 e. The molecule has 0 radical (unpaired) electrons. The monoisotopic (exact) mass is 267 g/mol. The van der Waals surface area contributed by atoms with Crippen molar-refractivity contribution in [1.29, 1.82) is 0 Å². The number of benzene rings is 1. The molecule has 0 saturated carbocycles. The van der Waals surface area contributed by atoms with Crippen molar-refractivity contribution in [1.82, 2.24) is 10.1 Å². The zero-order chi connectivity index (χ0) is 13.0. The molecule has 1 heterocycles. The Bertz CT molecular complexity index is 556. The average molecular weight is 267 g/mol. The van der Waals surface area contributed by atoms with Crippen LogP contribution in [0.2, 0.25) is 0 Å². The molecule has 96 valence electrons. The Morgan fingerprint density at radius 2 is 2.33 bits per heavy atom. The first-order chi connectivity index (χ1) is 8.72. The minimum absolute atomic E-state index is 0.179. The summed E-state index contributed by atoms with van der Waals surface area (Å²) >= 11 is 0. The fourth-order valence-electron chi connectivity index (χ4n) is 1.38. The predicted molar refractivity (Wildman–Crippen MR) is 65.3 cm³/mol. The number of rotatable bonds is 5. The normalized spacial score (nSPS) is 12.3. The molecule has 1 unspecified atom stereocenters. The van der Waals surface area contributed by atoms with E-state index >= 15 is 0 Å². The highest BCUT2D eigenvalue weighted by molar-refractivity contribution is 7.84. The number of methoxy groups -OCH3 is 1. The highest BCUT2D eigenvalue weighted by Gasteiger charge is 2.11. The molecular weight excluding hydrogens is 254 g/mol. The van der Waals surface area contributed by atoms with Gasteiger partial charge in [0.2, 0.25) is 5.89 Å². The van der Waals surface area contributed by atoms with Gasteiger partial charge < -0.3 is 15.0 Å². The molecule has 7 heteroatoms. The first-order valence-electron chi connectivity index (χ1n) is 5.27. The number of ether oxygens (including phenoxy) is 1. The third-order valence-corrected chi connectivity index (χ3v) is 3.55. The summed E-state index contributed by atoms with van der Waals surface area (Å²) in [6.45, 7) is 0.179. The van der Waals surface area contributed by atoms with Crippen LogP contribution in [0.25, 0.3) is 0 Å². The van der Waals surface area contributed by atoms with Crippen molar-refractivity contribution < 1.29 is 13.5 Å². The first-order valence-corrected chi connectivity index (χ1v) is 6.59. The van der Waals surface area contributed by atoms with Gasteiger partial charge >= 0.3 is 0 Å². The van der Waals surface area contributed by atoms with Gasteiger partial charge in [0.1, 0.15) is 5.75 Å². The van der Waals surface area contributed by atoms with E-state index in [4.69, 9.17) is 15.0 Å². The maximum absolute atomic E-state index is 12.1. The average Bonchev–Trinajstić information content (AvgIpc) is 2.86. The standard InChI is InChI=1S/C11H13N3O3S/c1-16-8-3-2-4-9(5-8)18(15)7-10-13-11(6-12)17-14-10/h2-5H,6-7,12H2,1H3. The third kappa shape index (κ3) is 2.93. The lowest BCUT2D eigenvalue weighted by Crippen LogP contribution is -2.00. The van der Waals surface area contributed by atoms with Crippen molar-refractivity contribution in [3.63, 3.8) is 0 Å². The molecule has 2 aromatic rings. The smallest absolute Gasteiger partial charge is 0.240 e. The van der Waals surface area contributed by atoms with Crippen LogP contribution in [0.3, 0.4) is 0 Å². The summed E-state index contributed by atoms with van der Waals surface area (Å²) in [6.07, 6.45) is 0. The molecule has 0 saturated heterocycles. The Balaban J connectivity index is 2.11. The molecule has 0 spiro atoms. The van der Waals surface area contributed by atoms with Crippen LogP contribution in [0.1, 0.15) is 11.7 Å². The summed E-state index contributed by atoms with van der Waals surface area (Å²) in [5.74, 6) is 1.58. The Labute approximate surface area is 107 Å². The first kappa shape index (κ1) is 12.7. The lowest BCUT2D eigenvalue weighted by atomic mass is 10.3. The summed E-state index contributed by atoms with van der Waals surface area (Å²) in [4.78, 5) is 4.67. The van der Waals surface area contributed by atoms with Crippen molar-refractivity contribution in [2.45, 2.75) is 17.2 Å². The summed E-state index contributed by atoms with van der Waals surface area (Å²) in [6, 6.07) is 7.07. The van der Waals surface area contributed by atoms with Crippen LogP contribution in [0.4, 0.5) is 0 Å². The molecule has 0 amide bonds. The lowest BCUT2D eigenvalue weighted by molar-refractivity contribution is 0.376. The van der Waals surface area contributed by atoms with Gasteiger partial charge in [-0.05, 0) is 18.2 Å². The van der Waals surface area contributed by atoms with E-state index in [1.54, 1.807) is 31.4 Å². The minimum atomic E-state index is -1.24. The van der Waals surface area contributed by atoms with Gasteiger partial charge in [-0.2, -0.15) is 4.98 Å². The van der Waals surface area contributed by atoms with Gasteiger partial charge in [-0.3, -0.25) is 4.21 Å². The van der Waals surface area contributed by atoms with E-state index in [-0.39, 0.29) is 12.3 Å². The molecule has 2 rings (SSSR count).